The highest BCUT2D eigenvalue weighted by atomic mass is 32.2. The van der Waals surface area contributed by atoms with E-state index in [4.69, 9.17) is 0 Å². The van der Waals surface area contributed by atoms with Crippen molar-refractivity contribution in [2.75, 3.05) is 11.5 Å². The highest BCUT2D eigenvalue weighted by molar-refractivity contribution is 7.91. The quantitative estimate of drug-likeness (QED) is 0.596. The van der Waals surface area contributed by atoms with Gasteiger partial charge in [0.05, 0.1) is 17.9 Å². The van der Waals surface area contributed by atoms with Crippen molar-refractivity contribution in [3.05, 3.63) is 0 Å². The highest BCUT2D eigenvalue weighted by Crippen LogP contribution is 2.11. The molecule has 2 amide bonds. The second kappa shape index (κ2) is 3.85. The molecule has 0 aliphatic carbocycles. The molecule has 0 aromatic carbocycles. The van der Waals surface area contributed by atoms with Crippen LogP contribution in [-0.4, -0.2) is 43.5 Å². The molecular weight excluding hydrogens is 234 g/mol. The second-order valence-electron chi connectivity index (χ2n) is 3.84. The van der Waals surface area contributed by atoms with E-state index < -0.39 is 15.7 Å². The van der Waals surface area contributed by atoms with Crippen LogP contribution in [0, 0.1) is 0 Å². The van der Waals surface area contributed by atoms with Crippen molar-refractivity contribution in [2.24, 2.45) is 5.10 Å². The summed E-state index contributed by atoms with van der Waals surface area (Å²) < 4.78 is 22.3. The summed E-state index contributed by atoms with van der Waals surface area (Å²) in [6, 6.07) is -0.365. The van der Waals surface area contributed by atoms with Crippen molar-refractivity contribution >= 4 is 27.4 Å². The molecule has 2 aliphatic heterocycles. The molecule has 0 aromatic rings. The lowest BCUT2D eigenvalue weighted by molar-refractivity contribution is -0.120. The number of sulfone groups is 1. The Balaban J connectivity index is 1.92. The maximum Gasteiger partial charge on any atom is 0.268 e. The third-order valence-corrected chi connectivity index (χ3v) is 4.24. The van der Waals surface area contributed by atoms with Crippen LogP contribution in [0.5, 0.6) is 0 Å². The van der Waals surface area contributed by atoms with Gasteiger partial charge in [0, 0.05) is 6.04 Å². The van der Waals surface area contributed by atoms with Gasteiger partial charge in [0.15, 0.2) is 9.84 Å². The summed E-state index contributed by atoms with van der Waals surface area (Å²) in [5.74, 6) is -0.737. The Hall–Kier alpha value is -1.44. The fraction of sp³-hybridized carbons (Fsp3) is 0.625. The Kier molecular flexibility index (Phi) is 2.66. The van der Waals surface area contributed by atoms with Crippen LogP contribution in [-0.2, 0) is 19.4 Å². The Morgan fingerprint density at radius 2 is 2.25 bits per heavy atom. The molecule has 2 rings (SSSR count). The van der Waals surface area contributed by atoms with Crippen LogP contribution in [0.3, 0.4) is 0 Å². The van der Waals surface area contributed by atoms with E-state index in [1.807, 2.05) is 0 Å². The number of hydrogen-bond acceptors (Lipinski definition) is 5. The molecule has 0 saturated carbocycles. The fourth-order valence-electron chi connectivity index (χ4n) is 1.67. The molecule has 0 aromatic heterocycles. The Bertz CT molecular complexity index is 468. The molecule has 2 aliphatic rings. The van der Waals surface area contributed by atoms with E-state index in [-0.39, 0.29) is 35.6 Å². The topological polar surface area (TPSA) is 105 Å². The van der Waals surface area contributed by atoms with Crippen LogP contribution >= 0.6 is 0 Å². The minimum absolute atomic E-state index is 0.0343. The van der Waals surface area contributed by atoms with Gasteiger partial charge in [-0.1, -0.05) is 0 Å². The lowest BCUT2D eigenvalue weighted by Crippen LogP contribution is -2.39. The summed E-state index contributed by atoms with van der Waals surface area (Å²) in [7, 11) is -3.01. The van der Waals surface area contributed by atoms with Crippen LogP contribution in [0.2, 0.25) is 0 Å². The molecule has 0 bridgehead atoms. The lowest BCUT2D eigenvalue weighted by atomic mass is 10.2. The van der Waals surface area contributed by atoms with Gasteiger partial charge in [0.2, 0.25) is 5.91 Å². The van der Waals surface area contributed by atoms with Crippen molar-refractivity contribution in [3.8, 4) is 0 Å². The molecule has 88 valence electrons. The number of rotatable bonds is 2. The smallest absolute Gasteiger partial charge is 0.268 e. The van der Waals surface area contributed by atoms with Crippen molar-refractivity contribution in [1.82, 2.24) is 10.7 Å². The van der Waals surface area contributed by atoms with E-state index in [2.05, 4.69) is 15.8 Å². The van der Waals surface area contributed by atoms with Gasteiger partial charge in [-0.2, -0.15) is 5.10 Å². The summed E-state index contributed by atoms with van der Waals surface area (Å²) in [5, 5.41) is 6.11. The summed E-state index contributed by atoms with van der Waals surface area (Å²) in [4.78, 5) is 22.3. The zero-order chi connectivity index (χ0) is 11.8. The SMILES string of the molecule is O=C1CC(C(=O)NC2CCS(=O)(=O)C2)=NN1. The molecule has 0 spiro atoms. The Morgan fingerprint density at radius 1 is 1.50 bits per heavy atom. The van der Waals surface area contributed by atoms with E-state index in [9.17, 15) is 18.0 Å². The molecule has 1 atom stereocenters. The van der Waals surface area contributed by atoms with E-state index in [0.29, 0.717) is 6.42 Å². The molecule has 7 nitrogen and oxygen atoms in total. The van der Waals surface area contributed by atoms with Gasteiger partial charge >= 0.3 is 0 Å². The Labute approximate surface area is 92.2 Å². The first-order valence-corrected chi connectivity index (χ1v) is 6.65. The minimum Gasteiger partial charge on any atom is -0.347 e. The average Bonchev–Trinajstić information content (AvgIpc) is 2.73. The zero-order valence-corrected chi connectivity index (χ0v) is 9.21. The summed E-state index contributed by atoms with van der Waals surface area (Å²) in [5.41, 5.74) is 2.27. The van der Waals surface area contributed by atoms with Gasteiger partial charge in [0.1, 0.15) is 5.71 Å². The molecule has 2 N–H and O–H groups in total. The molecule has 1 unspecified atom stereocenters. The van der Waals surface area contributed by atoms with Gasteiger partial charge in [-0.3, -0.25) is 9.59 Å². The second-order valence-corrected chi connectivity index (χ2v) is 6.07. The molecule has 16 heavy (non-hydrogen) atoms. The number of amides is 2. The maximum absolute atomic E-state index is 11.5. The molecule has 8 heteroatoms. The monoisotopic (exact) mass is 245 g/mol. The first-order valence-electron chi connectivity index (χ1n) is 4.83. The predicted octanol–water partition coefficient (Wildman–Crippen LogP) is -1.83. The van der Waals surface area contributed by atoms with E-state index >= 15 is 0 Å². The number of carbonyl (C=O) groups is 2. The summed E-state index contributed by atoms with van der Waals surface area (Å²) >= 11 is 0. The normalized spacial score (nSPS) is 27.4. The van der Waals surface area contributed by atoms with Gasteiger partial charge in [0.25, 0.3) is 5.91 Å². The van der Waals surface area contributed by atoms with Crippen LogP contribution in [0.15, 0.2) is 5.10 Å². The van der Waals surface area contributed by atoms with Gasteiger partial charge in [-0.25, -0.2) is 13.8 Å². The molecule has 1 fully saturated rings. The van der Waals surface area contributed by atoms with Gasteiger partial charge in [-0.15, -0.1) is 0 Å². The van der Waals surface area contributed by atoms with Crippen LogP contribution in [0.1, 0.15) is 12.8 Å². The van der Waals surface area contributed by atoms with Crippen LogP contribution in [0.4, 0.5) is 0 Å². The summed E-state index contributed by atoms with van der Waals surface area (Å²) in [6.07, 6.45) is 0.369. The number of hydrazone groups is 1. The van der Waals surface area contributed by atoms with Gasteiger partial charge < -0.3 is 5.32 Å². The van der Waals surface area contributed by atoms with E-state index in [0.717, 1.165) is 0 Å². The largest absolute Gasteiger partial charge is 0.347 e. The first kappa shape index (κ1) is 11.1. The third-order valence-electron chi connectivity index (χ3n) is 2.47. The third kappa shape index (κ3) is 2.38. The van der Waals surface area contributed by atoms with Crippen molar-refractivity contribution in [2.45, 2.75) is 18.9 Å². The lowest BCUT2D eigenvalue weighted by Gasteiger charge is -2.09. The maximum atomic E-state index is 11.5. The zero-order valence-electron chi connectivity index (χ0n) is 8.39. The summed E-state index contributed by atoms with van der Waals surface area (Å²) in [6.45, 7) is 0. The van der Waals surface area contributed by atoms with Crippen LogP contribution in [0.25, 0.3) is 0 Å². The highest BCUT2D eigenvalue weighted by Gasteiger charge is 2.31. The van der Waals surface area contributed by atoms with E-state index in [1.54, 1.807) is 0 Å². The molecule has 2 heterocycles. The molecular formula is C8H11N3O4S. The predicted molar refractivity (Wildman–Crippen MR) is 55.4 cm³/mol. The molecule has 1 saturated heterocycles. The van der Waals surface area contributed by atoms with Crippen molar-refractivity contribution < 1.29 is 18.0 Å². The van der Waals surface area contributed by atoms with Crippen molar-refractivity contribution in [1.29, 1.82) is 0 Å². The minimum atomic E-state index is -3.01. The number of nitrogens with zero attached hydrogens (tertiary/aromatic N) is 1. The fourth-order valence-corrected chi connectivity index (χ4v) is 3.34. The number of hydrogen-bond donors (Lipinski definition) is 2. The van der Waals surface area contributed by atoms with Crippen molar-refractivity contribution in [3.63, 3.8) is 0 Å². The van der Waals surface area contributed by atoms with E-state index in [1.165, 1.54) is 0 Å². The van der Waals surface area contributed by atoms with Crippen LogP contribution < -0.4 is 10.7 Å². The average molecular weight is 245 g/mol. The standard InChI is InChI=1S/C8H11N3O4S/c12-7-3-6(10-11-7)8(13)9-5-1-2-16(14,15)4-5/h5H,1-4H2,(H,9,13)(H,11,12). The number of nitrogens with one attached hydrogen (secondary N) is 2. The number of carbonyl (C=O) groups excluding carboxylic acids is 2. The van der Waals surface area contributed by atoms with Gasteiger partial charge in [-0.05, 0) is 6.42 Å². The Morgan fingerprint density at radius 3 is 2.75 bits per heavy atom. The first-order chi connectivity index (χ1) is 7.46. The molecule has 0 radical (unpaired) electrons.